The maximum absolute atomic E-state index is 5.17. The zero-order valence-electron chi connectivity index (χ0n) is 19.5. The standard InChI is InChI=1S/C26H31N7O/c1-34-17-13-28-24-5-3-2-4-21(24)19-33-14-10-20-18-29-26(31-25(20)33)30-22-6-8-23(9-7-22)32-15-11-27-12-16-32/h2-10,14,18,27-28H,11-13,15-17,19H2,1H3,(H,29,30,31). The zero-order chi connectivity index (χ0) is 23.2. The first-order chi connectivity index (χ1) is 16.8. The van der Waals surface area contributed by atoms with Crippen molar-refractivity contribution in [2.24, 2.45) is 0 Å². The first-order valence-corrected chi connectivity index (χ1v) is 11.8. The fraction of sp³-hybridized carbons (Fsp3) is 0.308. The van der Waals surface area contributed by atoms with Gasteiger partial charge in [-0.05, 0) is 42.0 Å². The number of anilines is 4. The van der Waals surface area contributed by atoms with E-state index in [-0.39, 0.29) is 0 Å². The Bertz CT molecular complexity index is 1220. The van der Waals surface area contributed by atoms with Crippen LogP contribution in [0.2, 0.25) is 0 Å². The summed E-state index contributed by atoms with van der Waals surface area (Å²) >= 11 is 0. The molecule has 0 atom stereocenters. The average Bonchev–Trinajstić information content (AvgIpc) is 3.28. The summed E-state index contributed by atoms with van der Waals surface area (Å²) in [5.74, 6) is 0.592. The van der Waals surface area contributed by atoms with Gasteiger partial charge in [-0.15, -0.1) is 0 Å². The molecule has 5 rings (SSSR count). The monoisotopic (exact) mass is 457 g/mol. The van der Waals surface area contributed by atoms with Gasteiger partial charge in [0.25, 0.3) is 0 Å². The zero-order valence-corrected chi connectivity index (χ0v) is 19.5. The second kappa shape index (κ2) is 10.5. The normalized spacial score (nSPS) is 13.9. The smallest absolute Gasteiger partial charge is 0.229 e. The molecule has 2 aromatic carbocycles. The quantitative estimate of drug-likeness (QED) is 0.331. The van der Waals surface area contributed by atoms with Crippen LogP contribution in [0, 0.1) is 0 Å². The highest BCUT2D eigenvalue weighted by Crippen LogP contribution is 2.23. The summed E-state index contributed by atoms with van der Waals surface area (Å²) in [7, 11) is 1.71. The molecule has 0 aliphatic carbocycles. The minimum Gasteiger partial charge on any atom is -0.383 e. The molecule has 176 valence electrons. The molecule has 0 unspecified atom stereocenters. The van der Waals surface area contributed by atoms with E-state index in [1.54, 1.807) is 7.11 Å². The second-order valence-electron chi connectivity index (χ2n) is 8.40. The van der Waals surface area contributed by atoms with Crippen LogP contribution >= 0.6 is 0 Å². The van der Waals surface area contributed by atoms with Crippen LogP contribution in [0.5, 0.6) is 0 Å². The highest BCUT2D eigenvalue weighted by Gasteiger charge is 2.11. The Balaban J connectivity index is 1.32. The molecule has 34 heavy (non-hydrogen) atoms. The first kappa shape index (κ1) is 22.2. The van der Waals surface area contributed by atoms with E-state index in [4.69, 9.17) is 9.72 Å². The molecule has 8 nitrogen and oxygen atoms in total. The third kappa shape index (κ3) is 5.13. The van der Waals surface area contributed by atoms with Gasteiger partial charge in [0, 0.05) is 74.7 Å². The number of ether oxygens (including phenoxy) is 1. The largest absolute Gasteiger partial charge is 0.383 e. The Labute approximate surface area is 200 Å². The Kier molecular flexibility index (Phi) is 6.88. The van der Waals surface area contributed by atoms with E-state index in [9.17, 15) is 0 Å². The number of methoxy groups -OCH3 is 1. The van der Waals surface area contributed by atoms with Gasteiger partial charge in [-0.1, -0.05) is 18.2 Å². The molecule has 8 heteroatoms. The summed E-state index contributed by atoms with van der Waals surface area (Å²) in [6, 6.07) is 18.9. The number of hydrogen-bond acceptors (Lipinski definition) is 7. The number of nitrogens with one attached hydrogen (secondary N) is 3. The fourth-order valence-electron chi connectivity index (χ4n) is 4.27. The highest BCUT2D eigenvalue weighted by atomic mass is 16.5. The molecule has 1 aliphatic rings. The van der Waals surface area contributed by atoms with Crippen molar-refractivity contribution < 1.29 is 4.74 Å². The third-order valence-corrected chi connectivity index (χ3v) is 6.09. The van der Waals surface area contributed by atoms with E-state index in [0.29, 0.717) is 12.6 Å². The van der Waals surface area contributed by atoms with Gasteiger partial charge in [0.1, 0.15) is 5.65 Å². The van der Waals surface area contributed by atoms with E-state index in [0.717, 1.165) is 61.7 Å². The number of fused-ring (bicyclic) bond motifs is 1. The summed E-state index contributed by atoms with van der Waals surface area (Å²) in [4.78, 5) is 11.7. The SMILES string of the molecule is COCCNc1ccccc1Cn1ccc2cnc(Nc3ccc(N4CCNCC4)cc3)nc21. The lowest BCUT2D eigenvalue weighted by Crippen LogP contribution is -2.43. The first-order valence-electron chi connectivity index (χ1n) is 11.8. The van der Waals surface area contributed by atoms with Crippen LogP contribution < -0.4 is 20.9 Å². The van der Waals surface area contributed by atoms with E-state index in [1.807, 2.05) is 12.3 Å². The van der Waals surface area contributed by atoms with Gasteiger partial charge in [0.05, 0.1) is 13.2 Å². The highest BCUT2D eigenvalue weighted by molar-refractivity contribution is 5.77. The summed E-state index contributed by atoms with van der Waals surface area (Å²) in [5, 5.41) is 11.2. The summed E-state index contributed by atoms with van der Waals surface area (Å²) in [5.41, 5.74) is 5.44. The summed E-state index contributed by atoms with van der Waals surface area (Å²) in [6.07, 6.45) is 3.94. The maximum Gasteiger partial charge on any atom is 0.229 e. The number of benzene rings is 2. The molecular weight excluding hydrogens is 426 g/mol. The predicted molar refractivity (Wildman–Crippen MR) is 138 cm³/mol. The van der Waals surface area contributed by atoms with Gasteiger partial charge >= 0.3 is 0 Å². The van der Waals surface area contributed by atoms with Crippen molar-refractivity contribution in [3.63, 3.8) is 0 Å². The second-order valence-corrected chi connectivity index (χ2v) is 8.40. The number of para-hydroxylation sites is 1. The predicted octanol–water partition coefficient (Wildman–Crippen LogP) is 3.69. The maximum atomic E-state index is 5.17. The van der Waals surface area contributed by atoms with Crippen molar-refractivity contribution in [3.8, 4) is 0 Å². The van der Waals surface area contributed by atoms with Crippen molar-refractivity contribution in [1.82, 2.24) is 19.9 Å². The Morgan fingerprint density at radius 1 is 1.03 bits per heavy atom. The van der Waals surface area contributed by atoms with Crippen LogP contribution in [0.4, 0.5) is 23.0 Å². The minimum atomic E-state index is 0.592. The molecule has 3 N–H and O–H groups in total. The fourth-order valence-corrected chi connectivity index (χ4v) is 4.27. The molecule has 3 heterocycles. The number of nitrogens with zero attached hydrogens (tertiary/aromatic N) is 4. The lowest BCUT2D eigenvalue weighted by molar-refractivity contribution is 0.211. The number of aromatic nitrogens is 3. The molecule has 0 saturated carbocycles. The lowest BCUT2D eigenvalue weighted by Gasteiger charge is -2.29. The molecule has 1 aliphatic heterocycles. The number of hydrogen-bond donors (Lipinski definition) is 3. The molecular formula is C26H31N7O. The topological polar surface area (TPSA) is 79.3 Å². The summed E-state index contributed by atoms with van der Waals surface area (Å²) < 4.78 is 7.33. The van der Waals surface area contributed by atoms with Crippen LogP contribution in [0.3, 0.4) is 0 Å². The van der Waals surface area contributed by atoms with E-state index < -0.39 is 0 Å². The molecule has 0 spiro atoms. The van der Waals surface area contributed by atoms with Gasteiger partial charge in [-0.3, -0.25) is 0 Å². The van der Waals surface area contributed by atoms with Crippen LogP contribution in [0.1, 0.15) is 5.56 Å². The molecule has 0 amide bonds. The Hall–Kier alpha value is -3.62. The van der Waals surface area contributed by atoms with Gasteiger partial charge < -0.3 is 30.2 Å². The van der Waals surface area contributed by atoms with Crippen molar-refractivity contribution in [1.29, 1.82) is 0 Å². The molecule has 1 saturated heterocycles. The molecule has 0 bridgehead atoms. The van der Waals surface area contributed by atoms with Crippen molar-refractivity contribution in [2.75, 3.05) is 62.0 Å². The summed E-state index contributed by atoms with van der Waals surface area (Å²) in [6.45, 7) is 6.28. The van der Waals surface area contributed by atoms with Gasteiger partial charge in [-0.2, -0.15) is 4.98 Å². The van der Waals surface area contributed by atoms with Crippen LogP contribution in [-0.4, -0.2) is 61.0 Å². The third-order valence-electron chi connectivity index (χ3n) is 6.09. The Morgan fingerprint density at radius 2 is 1.85 bits per heavy atom. The molecule has 1 fully saturated rings. The van der Waals surface area contributed by atoms with Crippen molar-refractivity contribution >= 4 is 34.0 Å². The van der Waals surface area contributed by atoms with Gasteiger partial charge in [0.2, 0.25) is 5.95 Å². The lowest BCUT2D eigenvalue weighted by atomic mass is 10.1. The Morgan fingerprint density at radius 3 is 2.68 bits per heavy atom. The van der Waals surface area contributed by atoms with Crippen LogP contribution in [0.25, 0.3) is 11.0 Å². The number of rotatable bonds is 9. The van der Waals surface area contributed by atoms with E-state index in [1.165, 1.54) is 11.3 Å². The van der Waals surface area contributed by atoms with Crippen molar-refractivity contribution in [2.45, 2.75) is 6.54 Å². The van der Waals surface area contributed by atoms with Gasteiger partial charge in [-0.25, -0.2) is 4.98 Å². The molecule has 2 aromatic heterocycles. The van der Waals surface area contributed by atoms with Gasteiger partial charge in [0.15, 0.2) is 0 Å². The number of piperazine rings is 1. The van der Waals surface area contributed by atoms with Crippen LogP contribution in [0.15, 0.2) is 67.0 Å². The van der Waals surface area contributed by atoms with Crippen molar-refractivity contribution in [3.05, 3.63) is 72.6 Å². The van der Waals surface area contributed by atoms with E-state index in [2.05, 4.69) is 85.1 Å². The van der Waals surface area contributed by atoms with E-state index >= 15 is 0 Å². The minimum absolute atomic E-state index is 0.592. The van der Waals surface area contributed by atoms with Crippen LogP contribution in [-0.2, 0) is 11.3 Å². The molecule has 0 radical (unpaired) electrons. The average molecular weight is 458 g/mol. The molecule has 4 aromatic rings.